The molecule has 0 aromatic heterocycles. The van der Waals surface area contributed by atoms with E-state index in [1.54, 1.807) is 107 Å². The van der Waals surface area contributed by atoms with E-state index in [0.717, 1.165) is 40.9 Å². The molecule has 105 heavy (non-hydrogen) atoms. The normalized spacial score (nSPS) is 19.2. The van der Waals surface area contributed by atoms with Gasteiger partial charge in [-0.05, 0) is 180 Å². The second-order valence-electron chi connectivity index (χ2n) is 25.7. The lowest BCUT2D eigenvalue weighted by Crippen LogP contribution is -2.64. The highest BCUT2D eigenvalue weighted by molar-refractivity contribution is 6.42. The van der Waals surface area contributed by atoms with Crippen LogP contribution >= 0.6 is 58.0 Å². The maximum atomic E-state index is 13.7. The zero-order chi connectivity index (χ0) is 75.1. The number of rotatable bonds is 16. The van der Waals surface area contributed by atoms with Crippen LogP contribution in [0.4, 0.5) is 22.7 Å². The number of halogens is 5. The van der Waals surface area contributed by atoms with E-state index < -0.39 is 42.5 Å². The molecule has 7 aromatic carbocycles. The quantitative estimate of drug-likeness (QED) is 0.0393. The van der Waals surface area contributed by atoms with Crippen LogP contribution in [0.1, 0.15) is 64.6 Å². The highest BCUT2D eigenvalue weighted by atomic mass is 35.5. The summed E-state index contributed by atoms with van der Waals surface area (Å²) >= 11 is 29.8. The fraction of sp³-hybridized carbons (Fsp3) is 0.205. The molecule has 13 rings (SSSR count). The lowest BCUT2D eigenvalue weighted by molar-refractivity contribution is -0.385. The number of piperidine rings is 2. The van der Waals surface area contributed by atoms with Crippen molar-refractivity contribution in [1.82, 2.24) is 20.4 Å². The Morgan fingerprint density at radius 3 is 1.07 bits per heavy atom. The van der Waals surface area contributed by atoms with Gasteiger partial charge in [0.15, 0.2) is 17.3 Å². The van der Waals surface area contributed by atoms with E-state index in [-0.39, 0.29) is 63.2 Å². The molecule has 0 radical (unpaired) electrons. The second kappa shape index (κ2) is 32.0. The van der Waals surface area contributed by atoms with E-state index >= 15 is 0 Å². The summed E-state index contributed by atoms with van der Waals surface area (Å²) in [5, 5.41) is 52.0. The Balaban J connectivity index is 0.000000163. The average Bonchev–Trinajstić information content (AvgIpc) is 0.720. The number of allylic oxidation sites excluding steroid dienone is 4. The average molecular weight is 1510 g/mol. The topological polar surface area (TPSA) is 306 Å². The van der Waals surface area contributed by atoms with Crippen LogP contribution in [0.5, 0.6) is 0 Å². The van der Waals surface area contributed by atoms with Crippen LogP contribution in [0.25, 0.3) is 36.5 Å². The van der Waals surface area contributed by atoms with Crippen LogP contribution in [-0.2, 0) is 35.2 Å². The molecular formula is C78H63Cl5N8O14. The van der Waals surface area contributed by atoms with Crippen LogP contribution < -0.4 is 10.6 Å². The highest BCUT2D eigenvalue weighted by Gasteiger charge is 2.58. The van der Waals surface area contributed by atoms with Crippen LogP contribution in [-0.4, -0.2) is 116 Å². The number of nitro benzene ring substituents is 4. The summed E-state index contributed by atoms with van der Waals surface area (Å²) in [6, 6.07) is 43.0. The summed E-state index contributed by atoms with van der Waals surface area (Å²) in [7, 11) is 0. The minimum atomic E-state index is -0.819. The van der Waals surface area contributed by atoms with E-state index in [9.17, 15) is 69.2 Å². The molecule has 7 aromatic rings. The van der Waals surface area contributed by atoms with Gasteiger partial charge in [0.2, 0.25) is 17.7 Å². The Bertz CT molecular complexity index is 4670. The largest absolute Gasteiger partial charge is 0.343 e. The number of amides is 3. The van der Waals surface area contributed by atoms with Crippen LogP contribution in [0.3, 0.4) is 0 Å². The Labute approximate surface area is 626 Å². The molecule has 27 heteroatoms. The van der Waals surface area contributed by atoms with Gasteiger partial charge >= 0.3 is 0 Å². The molecule has 3 spiro atoms. The molecule has 3 saturated heterocycles. The Morgan fingerprint density at radius 2 is 0.771 bits per heavy atom. The smallest absolute Gasteiger partial charge is 0.269 e. The van der Waals surface area contributed by atoms with Crippen LogP contribution in [0.2, 0.25) is 20.1 Å². The van der Waals surface area contributed by atoms with Crippen molar-refractivity contribution in [2.45, 2.75) is 38.1 Å². The van der Waals surface area contributed by atoms with Gasteiger partial charge in [0, 0.05) is 138 Å². The van der Waals surface area contributed by atoms with Crippen molar-refractivity contribution in [3.8, 4) is 0 Å². The number of nitrogens with one attached hydrogen (secondary N) is 2. The molecule has 3 amide bonds. The maximum Gasteiger partial charge on any atom is 0.269 e. The second-order valence-corrected chi connectivity index (χ2v) is 27.6. The van der Waals surface area contributed by atoms with Gasteiger partial charge in [-0.3, -0.25) is 69.2 Å². The lowest BCUT2D eigenvalue weighted by Gasteiger charge is -2.52. The van der Waals surface area contributed by atoms with E-state index in [2.05, 4.69) is 17.2 Å². The van der Waals surface area contributed by atoms with E-state index in [1.165, 1.54) is 54.6 Å². The monoisotopic (exact) mass is 1510 g/mol. The first-order chi connectivity index (χ1) is 50.3. The predicted molar refractivity (Wildman–Crippen MR) is 403 cm³/mol. The number of hydrogen-bond acceptors (Lipinski definition) is 15. The molecule has 22 nitrogen and oxygen atoms in total. The third-order valence-electron chi connectivity index (χ3n) is 19.7. The SMILES string of the molecule is C=CC(=O)N1CCC2(CC1)/C(=C\c1ccc([N+](=O)[O-])cc1)C(=O)/C2=C/c1ccc([N+](=O)[O-])cc1.O=C(CCl)NC(Cc1ccccc1)C(=O)N1CCC2(CC1)/C(=C\c1ccc([N+](=O)[O-])cc1)C(=O)/C2=C/c1ccc([N+](=O)[O-])cc1.O=C1/C(=C/c2ccc(Cl)c(Cl)c2)C2(CNC2)/C1=C\c1ccc(Cl)c(Cl)c1. The summed E-state index contributed by atoms with van der Waals surface area (Å²) in [5.41, 5.74) is 7.33. The number of non-ortho nitro benzene ring substituents is 4. The number of ketones is 3. The number of likely N-dealkylation sites (tertiary alicyclic amines) is 2. The van der Waals surface area contributed by atoms with Gasteiger partial charge in [0.25, 0.3) is 22.7 Å². The molecule has 3 saturated carbocycles. The first-order valence-electron chi connectivity index (χ1n) is 32.9. The molecular weight excluding hydrogens is 1450 g/mol. The molecule has 3 aliphatic carbocycles. The zero-order valence-corrected chi connectivity index (χ0v) is 59.5. The summed E-state index contributed by atoms with van der Waals surface area (Å²) in [6.07, 6.45) is 14.2. The Hall–Kier alpha value is -10.9. The molecule has 0 bridgehead atoms. The van der Waals surface area contributed by atoms with Crippen molar-refractivity contribution in [2.75, 3.05) is 45.1 Å². The van der Waals surface area contributed by atoms with E-state index in [4.69, 9.17) is 58.0 Å². The number of hydrogen-bond donors (Lipinski definition) is 2. The summed E-state index contributed by atoms with van der Waals surface area (Å²) in [4.78, 5) is 123. The number of benzene rings is 7. The van der Waals surface area contributed by atoms with Crippen molar-refractivity contribution in [2.24, 2.45) is 16.2 Å². The summed E-state index contributed by atoms with van der Waals surface area (Å²) < 4.78 is 0. The Morgan fingerprint density at radius 1 is 0.457 bits per heavy atom. The minimum absolute atomic E-state index is 0.0354. The molecule has 1 unspecified atom stereocenters. The number of alkyl halides is 1. The number of carbonyl (C=O) groups excluding carboxylic acids is 6. The van der Waals surface area contributed by atoms with Gasteiger partial charge in [-0.15, -0.1) is 11.6 Å². The van der Waals surface area contributed by atoms with Crippen molar-refractivity contribution in [3.63, 3.8) is 0 Å². The maximum absolute atomic E-state index is 13.7. The first kappa shape index (κ1) is 75.3. The number of nitro groups is 4. The third kappa shape index (κ3) is 16.1. The molecule has 534 valence electrons. The molecule has 1 atom stereocenters. The summed E-state index contributed by atoms with van der Waals surface area (Å²) in [6.45, 7) is 6.53. The zero-order valence-electron chi connectivity index (χ0n) is 55.7. The molecule has 3 heterocycles. The van der Waals surface area contributed by atoms with Crippen molar-refractivity contribution >= 4 is 152 Å². The fourth-order valence-corrected chi connectivity index (χ4v) is 14.6. The highest BCUT2D eigenvalue weighted by Crippen LogP contribution is 2.58. The fourth-order valence-electron chi connectivity index (χ4n) is 13.9. The molecule has 6 aliphatic rings. The van der Waals surface area contributed by atoms with Gasteiger partial charge in [-0.25, -0.2) is 0 Å². The van der Waals surface area contributed by atoms with Gasteiger partial charge in [0.1, 0.15) is 11.9 Å². The van der Waals surface area contributed by atoms with E-state index in [1.807, 2.05) is 54.6 Å². The van der Waals surface area contributed by atoms with Crippen LogP contribution in [0, 0.1) is 56.7 Å². The van der Waals surface area contributed by atoms with Gasteiger partial charge < -0.3 is 20.4 Å². The number of Topliss-reactive ketones (excluding diaryl/α,β-unsaturated/α-hetero) is 3. The number of nitrogens with zero attached hydrogens (tertiary/aromatic N) is 6. The third-order valence-corrected chi connectivity index (χ3v) is 21.4. The predicted octanol–water partition coefficient (Wildman–Crippen LogP) is 15.4. The van der Waals surface area contributed by atoms with Gasteiger partial charge in [-0.2, -0.15) is 0 Å². The minimum Gasteiger partial charge on any atom is -0.343 e. The first-order valence-corrected chi connectivity index (χ1v) is 35.0. The van der Waals surface area contributed by atoms with Crippen molar-refractivity contribution in [3.05, 3.63) is 309 Å². The Kier molecular flexibility index (Phi) is 23.0. The number of carbonyl (C=O) groups is 6. The van der Waals surface area contributed by atoms with Crippen molar-refractivity contribution in [1.29, 1.82) is 0 Å². The summed E-state index contributed by atoms with van der Waals surface area (Å²) in [5.74, 6) is -1.43. The lowest BCUT2D eigenvalue weighted by atomic mass is 9.54. The van der Waals surface area contributed by atoms with E-state index in [0.29, 0.717) is 123 Å². The standard InChI is InChI=1S/C33H29ClN4O7.C25H21N3O6.C20H13Cl4NO/c34-21-30(39)35-29(20-22-4-2-1-3-5-22)32(41)36-16-14-33(15-17-36)27(18-23-6-10-25(11-7-23)37(42)43)31(40)28(33)19-24-8-12-26(13-9-24)38(44)45;1-2-23(29)26-13-11-25(12-14-26)21(15-17-3-7-19(8-4-17)27(31)32)24(30)22(25)16-18-5-9-20(10-6-18)28(33)34;21-15-3-1-11(7-17(15)23)5-13-19(26)14(20(13)9-25-10-20)6-12-2-4-16(22)18(24)8-12/h1-13,18-19,29H,14-17,20-21H2,(H,35,39);2-10,15-16H,1,11-14H2;1-8,25H,9-10H2/b27-18-,28-19-;21-15-,22-16-;13-5-,14-6-. The molecule has 2 N–H and O–H groups in total. The van der Waals surface area contributed by atoms with Crippen molar-refractivity contribution < 1.29 is 48.5 Å². The molecule has 3 aliphatic heterocycles. The van der Waals surface area contributed by atoms with Gasteiger partial charge in [0.05, 0.1) is 45.2 Å². The van der Waals surface area contributed by atoms with Crippen LogP contribution in [0.15, 0.2) is 210 Å². The van der Waals surface area contributed by atoms with Gasteiger partial charge in [-0.1, -0.05) is 95.4 Å². The molecule has 6 fully saturated rings.